The zero-order chi connectivity index (χ0) is 22.7. The number of thioether (sulfide) groups is 1. The second-order valence-electron chi connectivity index (χ2n) is 6.24. The predicted molar refractivity (Wildman–Crippen MR) is 132 cm³/mol. The average molecular weight is 562 g/mol. The molecule has 2 amide bonds. The molecule has 31 heavy (non-hydrogen) atoms. The molecule has 6 nitrogen and oxygen atoms in total. The first-order valence-electron chi connectivity index (χ1n) is 8.66. The van der Waals surface area contributed by atoms with Crippen molar-refractivity contribution in [3.63, 3.8) is 0 Å². The standard InChI is InChI=1S/C20H15BrCl2N2O4S2/c1-25-19(27)16(31-20(25)30)7-10-5-12(21)18(15(6-10)28-2)29-9-17(26)24-11-3-4-13(22)14(23)8-11/h3-8H,9H2,1-2H3,(H,24,26)/b16-7-. The van der Waals surface area contributed by atoms with Gasteiger partial charge in [-0.25, -0.2) is 0 Å². The van der Waals surface area contributed by atoms with Crippen LogP contribution in [0.3, 0.4) is 0 Å². The molecule has 0 spiro atoms. The third-order valence-corrected chi connectivity index (χ3v) is 6.90. The predicted octanol–water partition coefficient (Wildman–Crippen LogP) is 5.61. The van der Waals surface area contributed by atoms with Crippen LogP contribution in [0.5, 0.6) is 11.5 Å². The Morgan fingerprint density at radius 2 is 2.03 bits per heavy atom. The molecule has 0 aliphatic carbocycles. The summed E-state index contributed by atoms with van der Waals surface area (Å²) in [5.41, 5.74) is 1.21. The van der Waals surface area contributed by atoms with Crippen LogP contribution in [0, 0.1) is 0 Å². The van der Waals surface area contributed by atoms with Crippen molar-refractivity contribution >= 4 is 91.0 Å². The Balaban J connectivity index is 1.73. The summed E-state index contributed by atoms with van der Waals surface area (Å²) >= 11 is 21.6. The Kier molecular flexibility index (Phi) is 7.87. The lowest BCUT2D eigenvalue weighted by Crippen LogP contribution is -2.22. The van der Waals surface area contributed by atoms with Crippen LogP contribution in [0.2, 0.25) is 10.0 Å². The van der Waals surface area contributed by atoms with Crippen LogP contribution in [0.1, 0.15) is 5.56 Å². The number of hydrogen-bond donors (Lipinski definition) is 1. The van der Waals surface area contributed by atoms with Gasteiger partial charge in [0.2, 0.25) is 0 Å². The third kappa shape index (κ3) is 5.72. The molecule has 0 bridgehead atoms. The molecule has 1 fully saturated rings. The molecule has 162 valence electrons. The van der Waals surface area contributed by atoms with Gasteiger partial charge >= 0.3 is 0 Å². The molecule has 0 unspecified atom stereocenters. The van der Waals surface area contributed by atoms with Crippen LogP contribution >= 0.6 is 63.1 Å². The van der Waals surface area contributed by atoms with Gasteiger partial charge < -0.3 is 14.8 Å². The largest absolute Gasteiger partial charge is 0.493 e. The fourth-order valence-electron chi connectivity index (χ4n) is 2.57. The number of ether oxygens (including phenoxy) is 2. The molecule has 2 aromatic carbocycles. The van der Waals surface area contributed by atoms with Crippen molar-refractivity contribution in [3.8, 4) is 11.5 Å². The second kappa shape index (κ2) is 10.2. The molecule has 0 aromatic heterocycles. The molecule has 1 heterocycles. The lowest BCUT2D eigenvalue weighted by Gasteiger charge is -2.14. The summed E-state index contributed by atoms with van der Waals surface area (Å²) < 4.78 is 12.1. The summed E-state index contributed by atoms with van der Waals surface area (Å²) in [5.74, 6) is 0.203. The summed E-state index contributed by atoms with van der Waals surface area (Å²) in [5, 5.41) is 3.41. The number of halogens is 3. The van der Waals surface area contributed by atoms with Crippen LogP contribution in [-0.4, -0.2) is 41.8 Å². The van der Waals surface area contributed by atoms with Crippen molar-refractivity contribution in [3.05, 3.63) is 55.3 Å². The molecule has 1 aliphatic rings. The van der Waals surface area contributed by atoms with Gasteiger partial charge in [0.1, 0.15) is 4.32 Å². The first-order valence-corrected chi connectivity index (χ1v) is 11.4. The van der Waals surface area contributed by atoms with Crippen molar-refractivity contribution < 1.29 is 19.1 Å². The number of hydrogen-bond acceptors (Lipinski definition) is 6. The number of methoxy groups -OCH3 is 1. The van der Waals surface area contributed by atoms with E-state index in [1.807, 2.05) is 0 Å². The van der Waals surface area contributed by atoms with E-state index in [1.54, 1.807) is 43.5 Å². The summed E-state index contributed by atoms with van der Waals surface area (Å²) in [7, 11) is 3.12. The van der Waals surface area contributed by atoms with E-state index >= 15 is 0 Å². The Bertz CT molecular complexity index is 1110. The Morgan fingerprint density at radius 1 is 1.29 bits per heavy atom. The highest BCUT2D eigenvalue weighted by atomic mass is 79.9. The fraction of sp³-hybridized carbons (Fsp3) is 0.150. The first-order chi connectivity index (χ1) is 14.7. The van der Waals surface area contributed by atoms with Crippen molar-refractivity contribution in [2.75, 3.05) is 26.1 Å². The Hall–Kier alpha value is -1.78. The minimum atomic E-state index is -0.386. The molecule has 2 aromatic rings. The number of nitrogens with one attached hydrogen (secondary N) is 1. The summed E-state index contributed by atoms with van der Waals surface area (Å²) in [4.78, 5) is 26.4. The van der Waals surface area contributed by atoms with Crippen molar-refractivity contribution in [1.29, 1.82) is 0 Å². The molecular weight excluding hydrogens is 547 g/mol. The second-order valence-corrected chi connectivity index (χ2v) is 9.59. The maximum Gasteiger partial charge on any atom is 0.265 e. The van der Waals surface area contributed by atoms with Gasteiger partial charge in [0.05, 0.1) is 26.5 Å². The topological polar surface area (TPSA) is 67.9 Å². The number of thiocarbonyl (C=S) groups is 1. The molecular formula is C20H15BrCl2N2O4S2. The van der Waals surface area contributed by atoms with Crippen LogP contribution in [0.4, 0.5) is 5.69 Å². The summed E-state index contributed by atoms with van der Waals surface area (Å²) in [6, 6.07) is 8.24. The van der Waals surface area contributed by atoms with E-state index in [1.165, 1.54) is 23.8 Å². The van der Waals surface area contributed by atoms with Gasteiger partial charge in [0, 0.05) is 12.7 Å². The normalized spacial score (nSPS) is 14.9. The lowest BCUT2D eigenvalue weighted by molar-refractivity contribution is -0.121. The Morgan fingerprint density at radius 3 is 2.65 bits per heavy atom. The third-order valence-electron chi connectivity index (χ3n) is 4.09. The van der Waals surface area contributed by atoms with Gasteiger partial charge in [0.15, 0.2) is 18.1 Å². The van der Waals surface area contributed by atoms with Gasteiger partial charge in [-0.15, -0.1) is 0 Å². The van der Waals surface area contributed by atoms with Crippen molar-refractivity contribution in [2.24, 2.45) is 0 Å². The molecule has 11 heteroatoms. The minimum absolute atomic E-state index is 0.163. The SMILES string of the molecule is COc1cc(/C=C2\SC(=S)N(C)C2=O)cc(Br)c1OCC(=O)Nc1ccc(Cl)c(Cl)c1. The molecule has 1 saturated heterocycles. The number of anilines is 1. The zero-order valence-electron chi connectivity index (χ0n) is 16.2. The quantitative estimate of drug-likeness (QED) is 0.365. The highest BCUT2D eigenvalue weighted by Gasteiger charge is 2.28. The summed E-state index contributed by atoms with van der Waals surface area (Å²) in [6.07, 6.45) is 1.72. The number of rotatable bonds is 6. The van der Waals surface area contributed by atoms with Gasteiger partial charge in [-0.2, -0.15) is 0 Å². The van der Waals surface area contributed by atoms with E-state index in [-0.39, 0.29) is 18.4 Å². The number of benzene rings is 2. The van der Waals surface area contributed by atoms with Crippen LogP contribution in [0.15, 0.2) is 39.7 Å². The van der Waals surface area contributed by atoms with E-state index in [2.05, 4.69) is 21.2 Å². The molecule has 0 atom stereocenters. The van der Waals surface area contributed by atoms with Crippen LogP contribution in [0.25, 0.3) is 6.08 Å². The average Bonchev–Trinajstić information content (AvgIpc) is 2.96. The maximum absolute atomic E-state index is 12.3. The maximum atomic E-state index is 12.3. The number of nitrogens with zero attached hydrogens (tertiary/aromatic N) is 1. The highest BCUT2D eigenvalue weighted by Crippen LogP contribution is 2.39. The van der Waals surface area contributed by atoms with E-state index in [0.717, 1.165) is 0 Å². The van der Waals surface area contributed by atoms with Crippen LogP contribution in [-0.2, 0) is 9.59 Å². The number of likely N-dealkylation sites (N-methyl/N-ethyl adjacent to an activating group) is 1. The highest BCUT2D eigenvalue weighted by molar-refractivity contribution is 9.10. The van der Waals surface area contributed by atoms with E-state index < -0.39 is 0 Å². The first kappa shape index (κ1) is 23.9. The number of carbonyl (C=O) groups is 2. The lowest BCUT2D eigenvalue weighted by atomic mass is 10.2. The summed E-state index contributed by atoms with van der Waals surface area (Å²) in [6.45, 7) is -0.261. The number of amides is 2. The van der Waals surface area contributed by atoms with Gasteiger partial charge in [-0.05, 0) is 57.9 Å². The monoisotopic (exact) mass is 560 g/mol. The minimum Gasteiger partial charge on any atom is -0.493 e. The fourth-order valence-corrected chi connectivity index (χ4v) is 4.62. The molecule has 3 rings (SSSR count). The van der Waals surface area contributed by atoms with Gasteiger partial charge in [0.25, 0.3) is 11.8 Å². The van der Waals surface area contributed by atoms with Gasteiger partial charge in [-0.3, -0.25) is 14.5 Å². The molecule has 1 aliphatic heterocycles. The Labute approximate surface area is 207 Å². The molecule has 0 saturated carbocycles. The van der Waals surface area contributed by atoms with Crippen LogP contribution < -0.4 is 14.8 Å². The van der Waals surface area contributed by atoms with Crippen molar-refractivity contribution in [1.82, 2.24) is 4.90 Å². The smallest absolute Gasteiger partial charge is 0.265 e. The molecule has 0 radical (unpaired) electrons. The van der Waals surface area contributed by atoms with Crippen molar-refractivity contribution in [2.45, 2.75) is 0 Å². The number of carbonyl (C=O) groups excluding carboxylic acids is 2. The van der Waals surface area contributed by atoms with E-state index in [0.29, 0.717) is 46.5 Å². The molecule has 1 N–H and O–H groups in total. The van der Waals surface area contributed by atoms with E-state index in [4.69, 9.17) is 44.9 Å². The van der Waals surface area contributed by atoms with E-state index in [9.17, 15) is 9.59 Å². The zero-order valence-corrected chi connectivity index (χ0v) is 20.9. The van der Waals surface area contributed by atoms with Gasteiger partial charge in [-0.1, -0.05) is 47.2 Å².